The normalized spacial score (nSPS) is 18.0. The van der Waals surface area contributed by atoms with Crippen molar-refractivity contribution in [1.82, 2.24) is 14.8 Å². The van der Waals surface area contributed by atoms with Crippen molar-refractivity contribution >= 4 is 36.7 Å². The van der Waals surface area contributed by atoms with Gasteiger partial charge in [-0.05, 0) is 105 Å². The van der Waals surface area contributed by atoms with E-state index >= 15 is 0 Å². The van der Waals surface area contributed by atoms with Gasteiger partial charge in [0.05, 0.1) is 22.7 Å². The Morgan fingerprint density at radius 1 is 0.857 bits per heavy atom. The number of unbranched alkanes of at least 4 members (excludes halogenated alkanes) is 1. The van der Waals surface area contributed by atoms with Gasteiger partial charge in [0, 0.05) is 44.3 Å². The molecule has 10 heteroatoms. The van der Waals surface area contributed by atoms with Crippen LogP contribution in [0.5, 0.6) is 5.75 Å². The van der Waals surface area contributed by atoms with Crippen LogP contribution in [-0.4, -0.2) is 99.2 Å². The van der Waals surface area contributed by atoms with Crippen molar-refractivity contribution in [3.8, 4) is 5.75 Å². The van der Waals surface area contributed by atoms with Gasteiger partial charge in [-0.2, -0.15) is 0 Å². The molecule has 2 aliphatic heterocycles. The fraction of sp³-hybridized carbons (Fsp3) is 0.531. The number of pyridine rings is 1. The summed E-state index contributed by atoms with van der Waals surface area (Å²) in [5.74, 6) is 0.658. The summed E-state index contributed by atoms with van der Waals surface area (Å²) in [6.45, 7) is 10.5. The third kappa shape index (κ3) is 7.22. The van der Waals surface area contributed by atoms with E-state index in [1.54, 1.807) is 36.8 Å². The molecule has 1 aromatic heterocycles. The van der Waals surface area contributed by atoms with Gasteiger partial charge in [-0.25, -0.2) is 8.42 Å². The molecule has 2 aliphatic rings. The number of rotatable bonds is 11. The molecule has 0 radical (unpaired) electrons. The monoisotopic (exact) mass is 613 g/mol. The zero-order valence-corrected chi connectivity index (χ0v) is 26.9. The van der Waals surface area contributed by atoms with E-state index in [4.69, 9.17) is 4.74 Å². The number of hydrogen-bond acceptors (Lipinski definition) is 8. The summed E-state index contributed by atoms with van der Waals surface area (Å²) in [5.41, 5.74) is 1.36. The van der Waals surface area contributed by atoms with E-state index in [-0.39, 0.29) is 9.79 Å². The minimum atomic E-state index is -3.90. The first-order valence-corrected chi connectivity index (χ1v) is 19.1. The van der Waals surface area contributed by atoms with E-state index in [0.717, 1.165) is 57.4 Å². The summed E-state index contributed by atoms with van der Waals surface area (Å²) in [4.78, 5) is 12.9. The molecule has 8 nitrogen and oxygen atoms in total. The van der Waals surface area contributed by atoms with E-state index in [1.165, 1.54) is 32.1 Å². The highest BCUT2D eigenvalue weighted by molar-refractivity contribution is 8.28. The van der Waals surface area contributed by atoms with Crippen LogP contribution in [0.1, 0.15) is 39.0 Å². The molecular formula is C32H45N4O4S2-. The van der Waals surface area contributed by atoms with Gasteiger partial charge in [-0.1, -0.05) is 13.3 Å². The molecule has 0 unspecified atom stereocenters. The van der Waals surface area contributed by atoms with Gasteiger partial charge in [0.15, 0.2) is 0 Å². The Labute approximate surface area is 253 Å². The van der Waals surface area contributed by atoms with Crippen molar-refractivity contribution in [3.63, 3.8) is 0 Å². The van der Waals surface area contributed by atoms with Crippen molar-refractivity contribution in [3.05, 3.63) is 48.7 Å². The second kappa shape index (κ2) is 13.5. The Bertz CT molecular complexity index is 1450. The van der Waals surface area contributed by atoms with Crippen LogP contribution in [0, 0.1) is 0 Å². The van der Waals surface area contributed by atoms with E-state index in [0.29, 0.717) is 35.0 Å². The molecule has 3 aromatic rings. The van der Waals surface area contributed by atoms with Gasteiger partial charge >= 0.3 is 0 Å². The zero-order chi connectivity index (χ0) is 29.7. The lowest BCUT2D eigenvalue weighted by Crippen LogP contribution is -2.36. The van der Waals surface area contributed by atoms with Crippen LogP contribution in [0.2, 0.25) is 0 Å². The summed E-state index contributed by atoms with van der Waals surface area (Å²) in [5, 5.41) is 0.732. The molecule has 2 fully saturated rings. The van der Waals surface area contributed by atoms with Crippen molar-refractivity contribution in [2.75, 3.05) is 76.4 Å². The summed E-state index contributed by atoms with van der Waals surface area (Å²) in [7, 11) is -6.16. The highest BCUT2D eigenvalue weighted by Gasteiger charge is 2.29. The third-order valence-electron chi connectivity index (χ3n) is 8.37. The minimum absolute atomic E-state index is 0.191. The average molecular weight is 614 g/mol. The maximum Gasteiger partial charge on any atom is 0.210 e. The number of sulfone groups is 1. The smallest absolute Gasteiger partial charge is 0.210 e. The van der Waals surface area contributed by atoms with Crippen LogP contribution in [0.4, 0.5) is 5.69 Å². The maximum atomic E-state index is 14.2. The molecule has 2 saturated heterocycles. The van der Waals surface area contributed by atoms with Gasteiger partial charge in [0.1, 0.15) is 10.6 Å². The lowest BCUT2D eigenvalue weighted by molar-refractivity contribution is 0.236. The largest absolute Gasteiger partial charge is 0.809 e. The summed E-state index contributed by atoms with van der Waals surface area (Å²) < 4.78 is 47.2. The Morgan fingerprint density at radius 2 is 1.52 bits per heavy atom. The fourth-order valence-corrected chi connectivity index (χ4v) is 8.08. The lowest BCUT2D eigenvalue weighted by atomic mass is 10.1. The molecule has 0 saturated carbocycles. The highest BCUT2D eigenvalue weighted by atomic mass is 32.3. The van der Waals surface area contributed by atoms with Gasteiger partial charge in [-0.3, -0.25) is 4.98 Å². The summed E-state index contributed by atoms with van der Waals surface area (Å²) >= 11 is 0. The maximum absolute atomic E-state index is 14.2. The van der Waals surface area contributed by atoms with E-state index in [2.05, 4.69) is 26.6 Å². The van der Waals surface area contributed by atoms with Gasteiger partial charge in [-0.15, -0.1) is 0 Å². The fourth-order valence-electron chi connectivity index (χ4n) is 5.85. The summed E-state index contributed by atoms with van der Waals surface area (Å²) in [6.07, 6.45) is 10.4. The minimum Gasteiger partial charge on any atom is -0.809 e. The molecule has 0 bridgehead atoms. The Kier molecular flexibility index (Phi) is 9.99. The van der Waals surface area contributed by atoms with Crippen molar-refractivity contribution in [1.29, 1.82) is 0 Å². The van der Waals surface area contributed by atoms with E-state index in [1.807, 2.05) is 18.2 Å². The summed E-state index contributed by atoms with van der Waals surface area (Å²) in [6, 6.07) is 12.3. The second-order valence-corrected chi connectivity index (χ2v) is 16.6. The number of ether oxygens (including phenoxy) is 1. The first-order valence-electron chi connectivity index (χ1n) is 15.2. The van der Waals surface area contributed by atoms with E-state index < -0.39 is 20.1 Å². The molecule has 0 amide bonds. The zero-order valence-electron chi connectivity index (χ0n) is 25.3. The molecule has 42 heavy (non-hydrogen) atoms. The Hall–Kier alpha value is -2.37. The van der Waals surface area contributed by atoms with Crippen LogP contribution < -0.4 is 9.64 Å². The quantitative estimate of drug-likeness (QED) is 0.266. The molecule has 3 heterocycles. The third-order valence-corrected chi connectivity index (χ3v) is 11.5. The van der Waals surface area contributed by atoms with Gasteiger partial charge < -0.3 is 34.3 Å². The standard InChI is InChI=1S/C32H46N4O4S2/c1-4-5-23-40-26-9-11-27(12-10-26)42(38,39)31-25-33-30-14-13-28(41(2,3)37)24-29(30)32(31)36-18-8-17-35(21-22-36)20-19-34-15-6-7-16-34/h9-14,24-25,37H,4-8,15-23H2,1-3H3/p-1. The van der Waals surface area contributed by atoms with Crippen LogP contribution in [0.15, 0.2) is 63.3 Å². The molecular weight excluding hydrogens is 569 g/mol. The van der Waals surface area contributed by atoms with Gasteiger partial charge in [0.2, 0.25) is 9.84 Å². The molecule has 0 aliphatic carbocycles. The molecule has 0 spiro atoms. The number of anilines is 1. The van der Waals surface area contributed by atoms with Crippen LogP contribution in [-0.2, 0) is 9.84 Å². The molecule has 2 aromatic carbocycles. The van der Waals surface area contributed by atoms with Crippen LogP contribution in [0.25, 0.3) is 10.9 Å². The average Bonchev–Trinajstić information content (AvgIpc) is 3.39. The number of benzene rings is 2. The molecule has 5 rings (SSSR count). The van der Waals surface area contributed by atoms with Crippen molar-refractivity contribution in [2.24, 2.45) is 0 Å². The first kappa shape index (κ1) is 31.1. The number of aromatic nitrogens is 1. The predicted octanol–water partition coefficient (Wildman–Crippen LogP) is 5.41. The Morgan fingerprint density at radius 3 is 2.21 bits per heavy atom. The predicted molar refractivity (Wildman–Crippen MR) is 171 cm³/mol. The van der Waals surface area contributed by atoms with Crippen molar-refractivity contribution < 1.29 is 17.7 Å². The topological polar surface area (TPSA) is 89.0 Å². The molecule has 230 valence electrons. The Balaban J connectivity index is 1.50. The lowest BCUT2D eigenvalue weighted by Gasteiger charge is -2.39. The number of fused-ring (bicyclic) bond motifs is 1. The molecule has 0 N–H and O–H groups in total. The van der Waals surface area contributed by atoms with Crippen LogP contribution in [0.3, 0.4) is 0 Å². The number of likely N-dealkylation sites (tertiary alicyclic amines) is 1. The second-order valence-electron chi connectivity index (χ2n) is 11.8. The molecule has 0 atom stereocenters. The highest BCUT2D eigenvalue weighted by Crippen LogP contribution is 2.47. The SMILES string of the molecule is CCCCOc1ccc(S(=O)(=O)c2cnc3ccc(S(C)(C)[O-])cc3c2N2CCCN(CCN3CCCC3)CC2)cc1. The number of nitrogens with zero attached hydrogens (tertiary/aromatic N) is 4. The van der Waals surface area contributed by atoms with Crippen LogP contribution >= 0.6 is 10.3 Å². The first-order chi connectivity index (χ1) is 20.2. The number of hydrogen-bond donors (Lipinski definition) is 0. The van der Waals surface area contributed by atoms with E-state index in [9.17, 15) is 13.0 Å². The van der Waals surface area contributed by atoms with Gasteiger partial charge in [0.25, 0.3) is 0 Å². The van der Waals surface area contributed by atoms with Crippen molar-refractivity contribution in [2.45, 2.75) is 53.7 Å².